The second-order valence-corrected chi connectivity index (χ2v) is 6.20. The number of rotatable bonds is 8. The van der Waals surface area contributed by atoms with Gasteiger partial charge in [-0.05, 0) is 31.2 Å². The summed E-state index contributed by atoms with van der Waals surface area (Å²) in [7, 11) is 0. The molecule has 5 heteroatoms. The lowest BCUT2D eigenvalue weighted by Gasteiger charge is -2.19. The van der Waals surface area contributed by atoms with Gasteiger partial charge in [0, 0.05) is 11.8 Å². The molecule has 0 saturated carbocycles. The number of fused-ring (bicyclic) bond motifs is 1. The highest BCUT2D eigenvalue weighted by Gasteiger charge is 2.19. The molecular formula is C16H23ClN2OS. The molecule has 0 aliphatic carbocycles. The summed E-state index contributed by atoms with van der Waals surface area (Å²) in [6.07, 6.45) is 4.19. The van der Waals surface area contributed by atoms with E-state index in [1.54, 1.807) is 0 Å². The number of thioether (sulfide) groups is 1. The van der Waals surface area contributed by atoms with Crippen molar-refractivity contribution < 1.29 is 4.74 Å². The first-order chi connectivity index (χ1) is 10.3. The van der Waals surface area contributed by atoms with Crippen molar-refractivity contribution in [3.8, 4) is 5.75 Å². The molecule has 0 spiro atoms. The molecule has 0 N–H and O–H groups in total. The molecule has 2 aromatic rings. The van der Waals surface area contributed by atoms with Gasteiger partial charge in [-0.1, -0.05) is 19.9 Å². The van der Waals surface area contributed by atoms with Crippen LogP contribution in [0.4, 0.5) is 0 Å². The minimum absolute atomic E-state index is 0.417. The molecule has 1 unspecified atom stereocenters. The highest BCUT2D eigenvalue weighted by molar-refractivity contribution is 7.98. The van der Waals surface area contributed by atoms with E-state index in [1.165, 1.54) is 0 Å². The zero-order valence-electron chi connectivity index (χ0n) is 12.9. The average molecular weight is 327 g/mol. The first-order valence-electron chi connectivity index (χ1n) is 7.44. The van der Waals surface area contributed by atoms with E-state index >= 15 is 0 Å². The van der Waals surface area contributed by atoms with Gasteiger partial charge in [-0.3, -0.25) is 0 Å². The Labute approximate surface area is 136 Å². The molecule has 0 radical (unpaired) electrons. The molecule has 0 bridgehead atoms. The van der Waals surface area contributed by atoms with E-state index in [1.807, 2.05) is 23.9 Å². The number of ether oxygens (including phenoxy) is 1. The molecule has 0 saturated heterocycles. The highest BCUT2D eigenvalue weighted by Crippen LogP contribution is 2.31. The van der Waals surface area contributed by atoms with Crippen LogP contribution < -0.4 is 4.74 Å². The maximum Gasteiger partial charge on any atom is 0.147 e. The Morgan fingerprint density at radius 1 is 1.38 bits per heavy atom. The Kier molecular flexibility index (Phi) is 6.24. The van der Waals surface area contributed by atoms with Crippen molar-refractivity contribution >= 4 is 34.4 Å². The predicted octanol–water partition coefficient (Wildman–Crippen LogP) is 4.88. The van der Waals surface area contributed by atoms with Crippen LogP contribution in [0.25, 0.3) is 11.0 Å². The number of hydrogen-bond donors (Lipinski definition) is 0. The minimum atomic E-state index is 0.417. The van der Waals surface area contributed by atoms with Gasteiger partial charge in [0.15, 0.2) is 0 Å². The Hall–Kier alpha value is -0.870. The van der Waals surface area contributed by atoms with E-state index in [2.05, 4.69) is 30.7 Å². The third-order valence-corrected chi connectivity index (χ3v) is 4.49. The van der Waals surface area contributed by atoms with Gasteiger partial charge in [0.25, 0.3) is 0 Å². The molecule has 3 nitrogen and oxygen atoms in total. The van der Waals surface area contributed by atoms with E-state index in [4.69, 9.17) is 21.3 Å². The average Bonchev–Trinajstić information content (AvgIpc) is 2.89. The molecule has 0 amide bonds. The highest BCUT2D eigenvalue weighted by atomic mass is 35.5. The smallest absolute Gasteiger partial charge is 0.147 e. The fourth-order valence-corrected chi connectivity index (χ4v) is 3.50. The normalized spacial score (nSPS) is 12.8. The minimum Gasteiger partial charge on any atom is -0.491 e. The molecule has 0 aliphatic rings. The topological polar surface area (TPSA) is 27.1 Å². The van der Waals surface area contributed by atoms with Crippen molar-refractivity contribution in [3.05, 3.63) is 24.0 Å². The Morgan fingerprint density at radius 3 is 2.81 bits per heavy atom. The van der Waals surface area contributed by atoms with Crippen molar-refractivity contribution in [2.75, 3.05) is 18.6 Å². The summed E-state index contributed by atoms with van der Waals surface area (Å²) in [6, 6.07) is 6.55. The van der Waals surface area contributed by atoms with Crippen molar-refractivity contribution in [1.29, 1.82) is 0 Å². The summed E-state index contributed by atoms with van der Waals surface area (Å²) < 4.78 is 8.12. The van der Waals surface area contributed by atoms with Crippen LogP contribution >= 0.6 is 23.4 Å². The molecule has 1 aromatic carbocycles. The molecular weight excluding hydrogens is 304 g/mol. The lowest BCUT2D eigenvalue weighted by atomic mass is 10.2. The van der Waals surface area contributed by atoms with Gasteiger partial charge in [-0.15, -0.1) is 11.6 Å². The lowest BCUT2D eigenvalue weighted by Crippen LogP contribution is -2.13. The molecule has 1 atom stereocenters. The summed E-state index contributed by atoms with van der Waals surface area (Å²) in [6.45, 7) is 5.03. The first-order valence-corrected chi connectivity index (χ1v) is 9.37. The summed E-state index contributed by atoms with van der Waals surface area (Å²) in [4.78, 5) is 4.73. The van der Waals surface area contributed by atoms with Crippen molar-refractivity contribution in [2.45, 2.75) is 38.6 Å². The maximum atomic E-state index is 6.13. The van der Waals surface area contributed by atoms with Crippen LogP contribution in [0.2, 0.25) is 0 Å². The predicted molar refractivity (Wildman–Crippen MR) is 92.8 cm³/mol. The van der Waals surface area contributed by atoms with E-state index in [-0.39, 0.29) is 0 Å². The summed E-state index contributed by atoms with van der Waals surface area (Å²) in [5.41, 5.74) is 2.06. The van der Waals surface area contributed by atoms with Gasteiger partial charge in [-0.25, -0.2) is 4.98 Å². The van der Waals surface area contributed by atoms with E-state index < -0.39 is 0 Å². The number of aromatic nitrogens is 2. The molecule has 116 valence electrons. The van der Waals surface area contributed by atoms with Crippen LogP contribution in [0, 0.1) is 0 Å². The quantitative estimate of drug-likeness (QED) is 0.647. The Balaban J connectivity index is 2.53. The van der Waals surface area contributed by atoms with E-state index in [9.17, 15) is 0 Å². The number of halogens is 1. The zero-order valence-corrected chi connectivity index (χ0v) is 14.5. The summed E-state index contributed by atoms with van der Waals surface area (Å²) in [5, 5.41) is 0. The van der Waals surface area contributed by atoms with Gasteiger partial charge in [-0.2, -0.15) is 11.8 Å². The first kappa shape index (κ1) is 16.5. The van der Waals surface area contributed by atoms with Gasteiger partial charge in [0.05, 0.1) is 18.0 Å². The van der Waals surface area contributed by atoms with Crippen molar-refractivity contribution in [3.63, 3.8) is 0 Å². The number of alkyl halides is 1. The molecule has 0 aliphatic heterocycles. The second kappa shape index (κ2) is 7.95. The van der Waals surface area contributed by atoms with E-state index in [0.29, 0.717) is 18.5 Å². The van der Waals surface area contributed by atoms with Crippen molar-refractivity contribution in [1.82, 2.24) is 9.55 Å². The van der Waals surface area contributed by atoms with Crippen LogP contribution in [0.1, 0.15) is 38.6 Å². The standard InChI is InChI=1S/C16H23ClN2OS/c1-4-9-20-14-8-6-7-13-16(14)18-15(10-17)19(13)12(5-2)11-21-3/h6-8,12H,4-5,9-11H2,1-3H3. The zero-order chi connectivity index (χ0) is 15.2. The molecule has 1 heterocycles. The SMILES string of the molecule is CCCOc1cccc2c1nc(CCl)n2C(CC)CSC. The number of hydrogen-bond acceptors (Lipinski definition) is 3. The van der Waals surface area contributed by atoms with E-state index in [0.717, 1.165) is 41.2 Å². The van der Waals surface area contributed by atoms with Crippen LogP contribution in [-0.2, 0) is 5.88 Å². The Bertz CT molecular complexity index is 585. The molecule has 0 fully saturated rings. The maximum absolute atomic E-state index is 6.13. The van der Waals surface area contributed by atoms with Gasteiger partial charge >= 0.3 is 0 Å². The van der Waals surface area contributed by atoms with Gasteiger partial charge < -0.3 is 9.30 Å². The number of imidazole rings is 1. The van der Waals surface area contributed by atoms with Gasteiger partial charge in [0.2, 0.25) is 0 Å². The third-order valence-electron chi connectivity index (χ3n) is 3.53. The second-order valence-electron chi connectivity index (χ2n) is 5.02. The fraction of sp³-hybridized carbons (Fsp3) is 0.562. The van der Waals surface area contributed by atoms with Crippen molar-refractivity contribution in [2.24, 2.45) is 0 Å². The largest absolute Gasteiger partial charge is 0.491 e. The molecule has 21 heavy (non-hydrogen) atoms. The Morgan fingerprint density at radius 2 is 2.19 bits per heavy atom. The van der Waals surface area contributed by atoms with Crippen LogP contribution in [-0.4, -0.2) is 28.2 Å². The summed E-state index contributed by atoms with van der Waals surface area (Å²) in [5.74, 6) is 3.28. The van der Waals surface area contributed by atoms with Crippen LogP contribution in [0.15, 0.2) is 18.2 Å². The third kappa shape index (κ3) is 3.49. The summed E-state index contributed by atoms with van der Waals surface area (Å²) >= 11 is 7.99. The molecule has 2 rings (SSSR count). The lowest BCUT2D eigenvalue weighted by molar-refractivity contribution is 0.320. The monoisotopic (exact) mass is 326 g/mol. The van der Waals surface area contributed by atoms with Crippen LogP contribution in [0.3, 0.4) is 0 Å². The fourth-order valence-electron chi connectivity index (χ4n) is 2.54. The van der Waals surface area contributed by atoms with Crippen LogP contribution in [0.5, 0.6) is 5.75 Å². The molecule has 1 aromatic heterocycles. The number of para-hydroxylation sites is 1. The van der Waals surface area contributed by atoms with Gasteiger partial charge in [0.1, 0.15) is 17.1 Å². The number of nitrogens with zero attached hydrogens (tertiary/aromatic N) is 2. The number of benzene rings is 1.